The van der Waals surface area contributed by atoms with Gasteiger partial charge in [0.2, 0.25) is 0 Å². The first-order chi connectivity index (χ1) is 10.8. The van der Waals surface area contributed by atoms with Gasteiger partial charge in [0.05, 0.1) is 11.5 Å². The van der Waals surface area contributed by atoms with Crippen LogP contribution >= 0.6 is 0 Å². The van der Waals surface area contributed by atoms with Crippen LogP contribution in [-0.2, 0) is 23.8 Å². The third-order valence-electron chi connectivity index (χ3n) is 3.60. The average molecular weight is 348 g/mol. The zero-order valence-corrected chi connectivity index (χ0v) is 13.5. The Morgan fingerprint density at radius 1 is 1.17 bits per heavy atom. The van der Waals surface area contributed by atoms with Crippen molar-refractivity contribution in [2.45, 2.75) is 42.5 Å². The first-order valence-electron chi connectivity index (χ1n) is 6.95. The fourth-order valence-electron chi connectivity index (χ4n) is 2.27. The van der Waals surface area contributed by atoms with Crippen molar-refractivity contribution in [3.63, 3.8) is 0 Å². The quantitative estimate of drug-likeness (QED) is 0.589. The largest absolute Gasteiger partial charge is 0.394 e. The summed E-state index contributed by atoms with van der Waals surface area (Å²) < 4.78 is 39.6. The van der Waals surface area contributed by atoms with Crippen molar-refractivity contribution in [2.75, 3.05) is 13.7 Å². The van der Waals surface area contributed by atoms with E-state index in [1.54, 1.807) is 19.1 Å². The highest BCUT2D eigenvalue weighted by molar-refractivity contribution is 7.86. The number of hydrogen-bond acceptors (Lipinski definition) is 8. The number of ether oxygens (including phenoxy) is 2. The minimum atomic E-state index is -4.22. The summed E-state index contributed by atoms with van der Waals surface area (Å²) in [5, 5.41) is 29.4. The van der Waals surface area contributed by atoms with E-state index in [0.29, 0.717) is 0 Å². The number of aryl methyl sites for hydroxylation is 1. The van der Waals surface area contributed by atoms with Gasteiger partial charge in [0.25, 0.3) is 10.1 Å². The van der Waals surface area contributed by atoms with E-state index in [9.17, 15) is 23.7 Å². The van der Waals surface area contributed by atoms with Crippen LogP contribution in [0.5, 0.6) is 0 Å². The number of benzene rings is 1. The van der Waals surface area contributed by atoms with Gasteiger partial charge in [0.1, 0.15) is 24.4 Å². The molecule has 0 aliphatic carbocycles. The summed E-state index contributed by atoms with van der Waals surface area (Å²) in [5.41, 5.74) is 0.870. The number of aliphatic hydroxyl groups is 3. The number of hydrogen-bond donors (Lipinski definition) is 3. The number of methoxy groups -OCH3 is 1. The molecule has 1 fully saturated rings. The average Bonchev–Trinajstić information content (AvgIpc) is 2.52. The normalized spacial score (nSPS) is 32.0. The van der Waals surface area contributed by atoms with Crippen LogP contribution in [0, 0.1) is 6.92 Å². The van der Waals surface area contributed by atoms with Crippen molar-refractivity contribution < 1.29 is 37.4 Å². The van der Waals surface area contributed by atoms with E-state index in [1.165, 1.54) is 19.2 Å². The van der Waals surface area contributed by atoms with Crippen LogP contribution in [0.25, 0.3) is 0 Å². The molecule has 0 amide bonds. The minimum Gasteiger partial charge on any atom is -0.394 e. The van der Waals surface area contributed by atoms with Crippen LogP contribution < -0.4 is 0 Å². The van der Waals surface area contributed by atoms with Gasteiger partial charge < -0.3 is 24.8 Å². The lowest BCUT2D eigenvalue weighted by Gasteiger charge is -2.40. The molecule has 1 aliphatic rings. The van der Waals surface area contributed by atoms with Crippen molar-refractivity contribution in [3.05, 3.63) is 29.8 Å². The Morgan fingerprint density at radius 3 is 2.30 bits per heavy atom. The predicted octanol–water partition coefficient (Wildman–Crippen LogP) is -0.846. The third kappa shape index (κ3) is 3.89. The van der Waals surface area contributed by atoms with Crippen molar-refractivity contribution >= 4 is 10.1 Å². The molecule has 5 atom stereocenters. The lowest BCUT2D eigenvalue weighted by Crippen LogP contribution is -2.60. The summed E-state index contributed by atoms with van der Waals surface area (Å²) in [7, 11) is -2.98. The van der Waals surface area contributed by atoms with Gasteiger partial charge >= 0.3 is 0 Å². The summed E-state index contributed by atoms with van der Waals surface area (Å²) in [6, 6.07) is 5.92. The predicted molar refractivity (Wildman–Crippen MR) is 78.0 cm³/mol. The third-order valence-corrected chi connectivity index (χ3v) is 4.93. The zero-order valence-electron chi connectivity index (χ0n) is 12.7. The molecular formula is C14H20O8S. The SMILES string of the molecule is CO[C@H]1O[C@H](CO)[C@@H](O)[C@H](OS(=O)(=O)c2ccc(C)cc2)[C@@H]1O. The van der Waals surface area contributed by atoms with Crippen LogP contribution in [0.1, 0.15) is 5.56 Å². The van der Waals surface area contributed by atoms with E-state index in [-0.39, 0.29) is 4.90 Å². The first kappa shape index (κ1) is 18.3. The van der Waals surface area contributed by atoms with Gasteiger partial charge in [0.15, 0.2) is 6.29 Å². The molecule has 1 heterocycles. The first-order valence-corrected chi connectivity index (χ1v) is 8.36. The van der Waals surface area contributed by atoms with Crippen molar-refractivity contribution in [3.8, 4) is 0 Å². The molecule has 3 N–H and O–H groups in total. The second kappa shape index (κ2) is 7.22. The second-order valence-electron chi connectivity index (χ2n) is 5.27. The van der Waals surface area contributed by atoms with Crippen molar-refractivity contribution in [2.24, 2.45) is 0 Å². The molecule has 1 saturated heterocycles. The minimum absolute atomic E-state index is 0.108. The lowest BCUT2D eigenvalue weighted by molar-refractivity contribution is -0.289. The highest BCUT2D eigenvalue weighted by Crippen LogP contribution is 2.27. The molecule has 8 nitrogen and oxygen atoms in total. The van der Waals surface area contributed by atoms with Crippen LogP contribution in [-0.4, -0.2) is 68.2 Å². The summed E-state index contributed by atoms with van der Waals surface area (Å²) in [6.45, 7) is 1.22. The monoisotopic (exact) mass is 348 g/mol. The van der Waals surface area contributed by atoms with Crippen molar-refractivity contribution in [1.82, 2.24) is 0 Å². The Balaban J connectivity index is 2.26. The lowest BCUT2D eigenvalue weighted by atomic mass is 9.99. The van der Waals surface area contributed by atoms with E-state index < -0.39 is 47.4 Å². The van der Waals surface area contributed by atoms with Crippen LogP contribution in [0.3, 0.4) is 0 Å². The molecule has 0 aromatic heterocycles. The Morgan fingerprint density at radius 2 is 1.78 bits per heavy atom. The molecule has 2 rings (SSSR count). The highest BCUT2D eigenvalue weighted by atomic mass is 32.2. The smallest absolute Gasteiger partial charge is 0.297 e. The molecular weight excluding hydrogens is 328 g/mol. The van der Waals surface area contributed by atoms with Crippen molar-refractivity contribution in [1.29, 1.82) is 0 Å². The highest BCUT2D eigenvalue weighted by Gasteiger charge is 2.47. The second-order valence-corrected chi connectivity index (χ2v) is 6.84. The van der Waals surface area contributed by atoms with Crippen LogP contribution in [0.4, 0.5) is 0 Å². The van der Waals surface area contributed by atoms with E-state index in [2.05, 4.69) is 0 Å². The molecule has 0 saturated carbocycles. The van der Waals surface area contributed by atoms with Gasteiger partial charge in [-0.2, -0.15) is 8.42 Å². The molecule has 0 radical (unpaired) electrons. The van der Waals surface area contributed by atoms with Gasteiger partial charge in [-0.15, -0.1) is 0 Å². The fourth-order valence-corrected chi connectivity index (χ4v) is 3.37. The van der Waals surface area contributed by atoms with Crippen LogP contribution in [0.15, 0.2) is 29.2 Å². The summed E-state index contributed by atoms with van der Waals surface area (Å²) in [4.78, 5) is -0.108. The molecule has 23 heavy (non-hydrogen) atoms. The Labute approximate surface area is 134 Å². The molecule has 0 spiro atoms. The Hall–Kier alpha value is -1.07. The molecule has 1 aromatic rings. The maximum absolute atomic E-state index is 12.3. The summed E-state index contributed by atoms with van der Waals surface area (Å²) >= 11 is 0. The molecule has 0 bridgehead atoms. The molecule has 0 unspecified atom stereocenters. The Bertz CT molecular complexity index is 598. The maximum Gasteiger partial charge on any atom is 0.297 e. The molecule has 9 heteroatoms. The fraction of sp³-hybridized carbons (Fsp3) is 0.571. The van der Waals surface area contributed by atoms with E-state index in [4.69, 9.17) is 13.7 Å². The zero-order chi connectivity index (χ0) is 17.2. The summed E-state index contributed by atoms with van der Waals surface area (Å²) in [5.74, 6) is 0. The van der Waals surface area contributed by atoms with Gasteiger partial charge in [-0.3, -0.25) is 4.18 Å². The van der Waals surface area contributed by atoms with E-state index in [0.717, 1.165) is 5.56 Å². The number of aliphatic hydroxyl groups excluding tert-OH is 3. The molecule has 1 aliphatic heterocycles. The van der Waals surface area contributed by atoms with Crippen LogP contribution in [0.2, 0.25) is 0 Å². The van der Waals surface area contributed by atoms with Gasteiger partial charge in [-0.25, -0.2) is 0 Å². The number of rotatable bonds is 5. The van der Waals surface area contributed by atoms with Gasteiger partial charge in [-0.1, -0.05) is 17.7 Å². The standard InChI is InChI=1S/C14H20O8S/c1-8-3-5-9(6-4-8)23(18,19)22-13-11(16)10(7-15)21-14(20-2)12(13)17/h3-6,10-17H,7H2,1-2H3/t10-,11-,12+,13+,14+/m1/s1. The molecule has 1 aromatic carbocycles. The van der Waals surface area contributed by atoms with Gasteiger partial charge in [-0.05, 0) is 19.1 Å². The summed E-state index contributed by atoms with van der Waals surface area (Å²) in [6.07, 6.45) is -6.98. The van der Waals surface area contributed by atoms with Gasteiger partial charge in [0, 0.05) is 7.11 Å². The Kier molecular flexibility index (Phi) is 5.74. The molecule has 130 valence electrons. The maximum atomic E-state index is 12.3. The van der Waals surface area contributed by atoms with E-state index in [1.807, 2.05) is 0 Å². The topological polar surface area (TPSA) is 123 Å². The van der Waals surface area contributed by atoms with E-state index >= 15 is 0 Å².